The van der Waals surface area contributed by atoms with Crippen LogP contribution in [0.4, 0.5) is 0 Å². The molecule has 1 heteroatoms. The maximum atomic E-state index is 10.8. The molecule has 1 rings (SSSR count). The summed E-state index contributed by atoms with van der Waals surface area (Å²) in [6.45, 7) is 3.38. The van der Waals surface area contributed by atoms with Crippen molar-refractivity contribution >= 4 is 5.78 Å². The predicted molar refractivity (Wildman–Crippen MR) is 37.0 cm³/mol. The smallest absolute Gasteiger partial charge is 0.184 e. The minimum atomic E-state index is 0.0174. The Hall–Kier alpha value is -1.11. The molecule has 0 saturated heterocycles. The van der Waals surface area contributed by atoms with Gasteiger partial charge in [0, 0.05) is 5.57 Å². The summed E-state index contributed by atoms with van der Waals surface area (Å²) in [5, 5.41) is 0. The summed E-state index contributed by atoms with van der Waals surface area (Å²) in [7, 11) is 0. The van der Waals surface area contributed by atoms with E-state index in [0.29, 0.717) is 0 Å². The number of carbonyl (C=O) groups excluding carboxylic acids is 1. The minimum absolute atomic E-state index is 0.0174. The summed E-state index contributed by atoms with van der Waals surface area (Å²) < 4.78 is 0. The van der Waals surface area contributed by atoms with Gasteiger partial charge in [0.2, 0.25) is 0 Å². The zero-order chi connectivity index (χ0) is 6.69. The fourth-order valence-electron chi connectivity index (χ4n) is 0.759. The standard InChI is InChI=1S/C8H8O/c1-2-8(9)7-5-3-4-6-7/h2-3,5-6H,1,4H2. The molecule has 0 fully saturated rings. The zero-order valence-corrected chi connectivity index (χ0v) is 5.13. The third-order valence-electron chi connectivity index (χ3n) is 1.24. The van der Waals surface area contributed by atoms with Gasteiger partial charge in [0.1, 0.15) is 0 Å². The van der Waals surface area contributed by atoms with Crippen LogP contribution in [0.15, 0.2) is 36.5 Å². The van der Waals surface area contributed by atoms with Crippen LogP contribution in [0.3, 0.4) is 0 Å². The molecular formula is C8H8O. The molecule has 9 heavy (non-hydrogen) atoms. The first kappa shape index (κ1) is 6.02. The SMILES string of the molecule is C=CC(=O)C1=CCC=C1. The number of allylic oxidation sites excluding steroid dienone is 5. The van der Waals surface area contributed by atoms with Crippen LogP contribution in [0.2, 0.25) is 0 Å². The van der Waals surface area contributed by atoms with Gasteiger partial charge in [0.15, 0.2) is 5.78 Å². The molecule has 0 aromatic rings. The van der Waals surface area contributed by atoms with Crippen molar-refractivity contribution in [1.29, 1.82) is 0 Å². The summed E-state index contributed by atoms with van der Waals surface area (Å²) in [5.74, 6) is 0.0174. The van der Waals surface area contributed by atoms with E-state index >= 15 is 0 Å². The highest BCUT2D eigenvalue weighted by Gasteiger charge is 2.02. The Kier molecular flexibility index (Phi) is 1.63. The molecule has 0 aliphatic heterocycles. The molecule has 0 aromatic carbocycles. The van der Waals surface area contributed by atoms with E-state index in [2.05, 4.69) is 6.58 Å². The third kappa shape index (κ3) is 1.17. The molecular weight excluding hydrogens is 112 g/mol. The minimum Gasteiger partial charge on any atom is -0.289 e. The third-order valence-corrected chi connectivity index (χ3v) is 1.24. The van der Waals surface area contributed by atoms with Crippen molar-refractivity contribution in [2.45, 2.75) is 6.42 Å². The number of hydrogen-bond acceptors (Lipinski definition) is 1. The van der Waals surface area contributed by atoms with Crippen LogP contribution in [-0.4, -0.2) is 5.78 Å². The van der Waals surface area contributed by atoms with Gasteiger partial charge in [-0.2, -0.15) is 0 Å². The lowest BCUT2D eigenvalue weighted by atomic mass is 10.2. The fraction of sp³-hybridized carbons (Fsp3) is 0.125. The lowest BCUT2D eigenvalue weighted by molar-refractivity contribution is -0.111. The first-order chi connectivity index (χ1) is 4.34. The van der Waals surface area contributed by atoms with Crippen LogP contribution < -0.4 is 0 Å². The molecule has 0 saturated carbocycles. The van der Waals surface area contributed by atoms with E-state index in [4.69, 9.17) is 0 Å². The fourth-order valence-corrected chi connectivity index (χ4v) is 0.759. The predicted octanol–water partition coefficient (Wildman–Crippen LogP) is 1.63. The number of ketones is 1. The van der Waals surface area contributed by atoms with Gasteiger partial charge in [-0.05, 0) is 12.5 Å². The van der Waals surface area contributed by atoms with E-state index in [1.54, 1.807) is 0 Å². The first-order valence-electron chi connectivity index (χ1n) is 2.88. The second-order valence-corrected chi connectivity index (χ2v) is 1.87. The molecule has 46 valence electrons. The highest BCUT2D eigenvalue weighted by Crippen LogP contribution is 2.09. The number of hydrogen-bond donors (Lipinski definition) is 0. The summed E-state index contributed by atoms with van der Waals surface area (Å²) in [4.78, 5) is 10.8. The van der Waals surface area contributed by atoms with E-state index < -0.39 is 0 Å². The van der Waals surface area contributed by atoms with Crippen molar-refractivity contribution < 1.29 is 4.79 Å². The van der Waals surface area contributed by atoms with Gasteiger partial charge < -0.3 is 0 Å². The molecule has 1 nitrogen and oxygen atoms in total. The van der Waals surface area contributed by atoms with Gasteiger partial charge in [0.05, 0.1) is 0 Å². The van der Waals surface area contributed by atoms with Gasteiger partial charge >= 0.3 is 0 Å². The molecule has 0 bridgehead atoms. The van der Waals surface area contributed by atoms with Gasteiger partial charge in [0.25, 0.3) is 0 Å². The van der Waals surface area contributed by atoms with Crippen molar-refractivity contribution in [1.82, 2.24) is 0 Å². The second-order valence-electron chi connectivity index (χ2n) is 1.87. The Bertz CT molecular complexity index is 197. The Morgan fingerprint density at radius 3 is 3.00 bits per heavy atom. The normalized spacial score (nSPS) is 15.3. The summed E-state index contributed by atoms with van der Waals surface area (Å²) in [6, 6.07) is 0. The van der Waals surface area contributed by atoms with E-state index in [9.17, 15) is 4.79 Å². The molecule has 0 N–H and O–H groups in total. The second kappa shape index (κ2) is 2.44. The lowest BCUT2D eigenvalue weighted by Crippen LogP contribution is -1.91. The molecule has 0 aromatic heterocycles. The van der Waals surface area contributed by atoms with Crippen LogP contribution in [0.5, 0.6) is 0 Å². The van der Waals surface area contributed by atoms with E-state index in [1.807, 2.05) is 18.2 Å². The maximum absolute atomic E-state index is 10.8. The average molecular weight is 120 g/mol. The van der Waals surface area contributed by atoms with Crippen LogP contribution in [-0.2, 0) is 4.79 Å². The summed E-state index contributed by atoms with van der Waals surface area (Å²) >= 11 is 0. The Morgan fingerprint density at radius 2 is 2.56 bits per heavy atom. The topological polar surface area (TPSA) is 17.1 Å². The molecule has 0 heterocycles. The van der Waals surface area contributed by atoms with Gasteiger partial charge in [-0.25, -0.2) is 0 Å². The highest BCUT2D eigenvalue weighted by atomic mass is 16.1. The van der Waals surface area contributed by atoms with Crippen LogP contribution in [0.1, 0.15) is 6.42 Å². The Labute approximate surface area is 54.4 Å². The number of carbonyl (C=O) groups is 1. The molecule has 0 amide bonds. The van der Waals surface area contributed by atoms with Gasteiger partial charge in [-0.3, -0.25) is 4.79 Å². The molecule has 0 atom stereocenters. The Morgan fingerprint density at radius 1 is 1.78 bits per heavy atom. The monoisotopic (exact) mass is 120 g/mol. The number of rotatable bonds is 2. The first-order valence-corrected chi connectivity index (χ1v) is 2.88. The van der Waals surface area contributed by atoms with E-state index in [1.165, 1.54) is 6.08 Å². The average Bonchev–Trinajstić information content (AvgIpc) is 2.37. The van der Waals surface area contributed by atoms with Crippen LogP contribution >= 0.6 is 0 Å². The van der Waals surface area contributed by atoms with Gasteiger partial charge in [-0.1, -0.05) is 24.8 Å². The molecule has 0 radical (unpaired) electrons. The summed E-state index contributed by atoms with van der Waals surface area (Å²) in [5.41, 5.74) is 0.769. The van der Waals surface area contributed by atoms with E-state index in [-0.39, 0.29) is 5.78 Å². The van der Waals surface area contributed by atoms with Crippen molar-refractivity contribution in [3.05, 3.63) is 36.5 Å². The van der Waals surface area contributed by atoms with E-state index in [0.717, 1.165) is 12.0 Å². The van der Waals surface area contributed by atoms with Crippen molar-refractivity contribution in [3.8, 4) is 0 Å². The Balaban J connectivity index is 2.73. The summed E-state index contributed by atoms with van der Waals surface area (Å²) in [6.07, 6.45) is 7.89. The highest BCUT2D eigenvalue weighted by molar-refractivity contribution is 6.06. The zero-order valence-electron chi connectivity index (χ0n) is 5.13. The molecule has 1 aliphatic carbocycles. The lowest BCUT2D eigenvalue weighted by Gasteiger charge is -1.86. The molecule has 1 aliphatic rings. The largest absolute Gasteiger partial charge is 0.289 e. The maximum Gasteiger partial charge on any atom is 0.184 e. The van der Waals surface area contributed by atoms with Crippen LogP contribution in [0, 0.1) is 0 Å². The molecule has 0 unspecified atom stereocenters. The molecule has 0 spiro atoms. The van der Waals surface area contributed by atoms with Crippen molar-refractivity contribution in [3.63, 3.8) is 0 Å². The quantitative estimate of drug-likeness (QED) is 0.506. The van der Waals surface area contributed by atoms with Crippen LogP contribution in [0.25, 0.3) is 0 Å². The van der Waals surface area contributed by atoms with Crippen molar-refractivity contribution in [2.24, 2.45) is 0 Å². The van der Waals surface area contributed by atoms with Crippen molar-refractivity contribution in [2.75, 3.05) is 0 Å². The van der Waals surface area contributed by atoms with Gasteiger partial charge in [-0.15, -0.1) is 0 Å².